The van der Waals surface area contributed by atoms with E-state index in [0.29, 0.717) is 11.5 Å². The number of rotatable bonds is 6. The number of aromatic nitrogens is 1. The van der Waals surface area contributed by atoms with Crippen LogP contribution in [-0.2, 0) is 0 Å². The van der Waals surface area contributed by atoms with Crippen molar-refractivity contribution in [1.29, 1.82) is 0 Å². The minimum Gasteiger partial charge on any atom is -0.478 e. The molecule has 0 radical (unpaired) electrons. The fourth-order valence-electron chi connectivity index (χ4n) is 1.94. The lowest BCUT2D eigenvalue weighted by molar-refractivity contribution is 0.0696. The summed E-state index contributed by atoms with van der Waals surface area (Å²) in [5, 5.41) is 12.1. The molecule has 0 spiro atoms. The minimum absolute atomic E-state index is 0.278. The third-order valence-corrected chi connectivity index (χ3v) is 3.14. The average molecular weight is 249 g/mol. The first kappa shape index (κ1) is 12.8. The summed E-state index contributed by atoms with van der Waals surface area (Å²) in [6.07, 6.45) is 2.59. The van der Waals surface area contributed by atoms with E-state index in [1.54, 1.807) is 19.1 Å². The zero-order valence-electron chi connectivity index (χ0n) is 10.8. The molecule has 1 saturated carbocycles. The highest BCUT2D eigenvalue weighted by Crippen LogP contribution is 2.24. The van der Waals surface area contributed by atoms with E-state index in [4.69, 9.17) is 5.11 Å². The van der Waals surface area contributed by atoms with Crippen molar-refractivity contribution in [2.75, 3.05) is 25.5 Å². The van der Waals surface area contributed by atoms with Gasteiger partial charge in [0.05, 0.1) is 5.56 Å². The van der Waals surface area contributed by atoms with Crippen LogP contribution in [0.5, 0.6) is 0 Å². The number of hydrogen-bond acceptors (Lipinski definition) is 4. The molecular weight excluding hydrogens is 230 g/mol. The summed E-state index contributed by atoms with van der Waals surface area (Å²) in [6.45, 7) is 3.53. The van der Waals surface area contributed by atoms with E-state index in [0.717, 1.165) is 19.1 Å². The summed E-state index contributed by atoms with van der Waals surface area (Å²) in [5.74, 6) is -0.282. The van der Waals surface area contributed by atoms with Crippen LogP contribution in [0.25, 0.3) is 0 Å². The van der Waals surface area contributed by atoms with Gasteiger partial charge in [0.25, 0.3) is 0 Å². The molecule has 1 aromatic rings. The van der Waals surface area contributed by atoms with Gasteiger partial charge in [-0.3, -0.25) is 0 Å². The number of nitrogens with zero attached hydrogens (tertiary/aromatic N) is 2. The average Bonchev–Trinajstić information content (AvgIpc) is 3.11. The second kappa shape index (κ2) is 5.35. The van der Waals surface area contributed by atoms with Crippen LogP contribution in [-0.4, -0.2) is 47.1 Å². The molecule has 0 bridgehead atoms. The van der Waals surface area contributed by atoms with E-state index in [-0.39, 0.29) is 5.56 Å². The van der Waals surface area contributed by atoms with Crippen molar-refractivity contribution in [3.05, 3.63) is 23.4 Å². The molecule has 1 heterocycles. The minimum atomic E-state index is -0.918. The van der Waals surface area contributed by atoms with Gasteiger partial charge in [0.2, 0.25) is 0 Å². The second-order valence-corrected chi connectivity index (χ2v) is 4.83. The van der Waals surface area contributed by atoms with Crippen LogP contribution in [0.4, 0.5) is 5.82 Å². The lowest BCUT2D eigenvalue weighted by Crippen LogP contribution is -2.27. The van der Waals surface area contributed by atoms with Gasteiger partial charge in [-0.2, -0.15) is 0 Å². The summed E-state index contributed by atoms with van der Waals surface area (Å²) in [7, 11) is 2.12. The molecule has 98 valence electrons. The highest BCUT2D eigenvalue weighted by molar-refractivity contribution is 5.88. The Morgan fingerprint density at radius 3 is 2.89 bits per heavy atom. The van der Waals surface area contributed by atoms with Crippen LogP contribution >= 0.6 is 0 Å². The second-order valence-electron chi connectivity index (χ2n) is 4.83. The SMILES string of the molecule is Cc1cc(C(=O)O)cc(NCCN(C)C2CC2)n1. The number of nitrogens with one attached hydrogen (secondary N) is 1. The third kappa shape index (κ3) is 3.43. The highest BCUT2D eigenvalue weighted by Gasteiger charge is 2.25. The number of likely N-dealkylation sites (N-methyl/N-ethyl adjacent to an activating group) is 1. The van der Waals surface area contributed by atoms with E-state index in [1.807, 2.05) is 0 Å². The molecule has 1 aliphatic rings. The number of hydrogen-bond donors (Lipinski definition) is 2. The Morgan fingerprint density at radius 1 is 1.56 bits per heavy atom. The number of aryl methyl sites for hydroxylation is 1. The molecule has 2 rings (SSSR count). The fourth-order valence-corrected chi connectivity index (χ4v) is 1.94. The van der Waals surface area contributed by atoms with Crippen molar-refractivity contribution in [1.82, 2.24) is 9.88 Å². The molecule has 2 N–H and O–H groups in total. The van der Waals surface area contributed by atoms with Gasteiger partial charge < -0.3 is 15.3 Å². The van der Waals surface area contributed by atoms with Gasteiger partial charge in [0.1, 0.15) is 5.82 Å². The summed E-state index contributed by atoms with van der Waals surface area (Å²) in [5.41, 5.74) is 0.994. The van der Waals surface area contributed by atoms with E-state index in [1.165, 1.54) is 12.8 Å². The van der Waals surface area contributed by atoms with Crippen molar-refractivity contribution in [2.24, 2.45) is 0 Å². The Bertz CT molecular complexity index is 444. The van der Waals surface area contributed by atoms with Crippen LogP contribution in [0.3, 0.4) is 0 Å². The van der Waals surface area contributed by atoms with Crippen molar-refractivity contribution < 1.29 is 9.90 Å². The number of carbonyl (C=O) groups is 1. The molecule has 0 atom stereocenters. The van der Waals surface area contributed by atoms with Crippen LogP contribution in [0.2, 0.25) is 0 Å². The van der Waals surface area contributed by atoms with Crippen LogP contribution in [0.15, 0.2) is 12.1 Å². The summed E-state index contributed by atoms with van der Waals surface area (Å²) >= 11 is 0. The third-order valence-electron chi connectivity index (χ3n) is 3.14. The van der Waals surface area contributed by atoms with E-state index in [9.17, 15) is 4.79 Å². The Kier molecular flexibility index (Phi) is 3.81. The molecule has 1 aliphatic carbocycles. The fraction of sp³-hybridized carbons (Fsp3) is 0.538. The summed E-state index contributed by atoms with van der Waals surface area (Å²) in [4.78, 5) is 17.5. The molecule has 1 fully saturated rings. The van der Waals surface area contributed by atoms with Gasteiger partial charge >= 0.3 is 5.97 Å². The lowest BCUT2D eigenvalue weighted by Gasteiger charge is -2.16. The highest BCUT2D eigenvalue weighted by atomic mass is 16.4. The molecule has 1 aromatic heterocycles. The number of carboxylic acid groups (broad SMARTS) is 1. The number of anilines is 1. The first-order chi connectivity index (χ1) is 8.56. The normalized spacial score (nSPS) is 14.8. The smallest absolute Gasteiger partial charge is 0.335 e. The Labute approximate surface area is 107 Å². The maximum atomic E-state index is 10.9. The predicted octanol–water partition coefficient (Wildman–Crippen LogP) is 1.59. The van der Waals surface area contributed by atoms with Gasteiger partial charge in [-0.25, -0.2) is 9.78 Å². The van der Waals surface area contributed by atoms with Crippen molar-refractivity contribution in [3.63, 3.8) is 0 Å². The zero-order valence-corrected chi connectivity index (χ0v) is 10.8. The van der Waals surface area contributed by atoms with E-state index < -0.39 is 5.97 Å². The maximum absolute atomic E-state index is 10.9. The first-order valence-electron chi connectivity index (χ1n) is 6.22. The molecule has 0 unspecified atom stereocenters. The largest absolute Gasteiger partial charge is 0.478 e. The molecule has 5 nitrogen and oxygen atoms in total. The molecule has 5 heteroatoms. The van der Waals surface area contributed by atoms with Crippen molar-refractivity contribution >= 4 is 11.8 Å². The molecule has 0 aromatic carbocycles. The van der Waals surface area contributed by atoms with Crippen molar-refractivity contribution in [2.45, 2.75) is 25.8 Å². The van der Waals surface area contributed by atoms with Crippen molar-refractivity contribution in [3.8, 4) is 0 Å². The standard InChI is InChI=1S/C13H19N3O2/c1-9-7-10(13(17)18)8-12(15-9)14-5-6-16(2)11-3-4-11/h7-8,11H,3-6H2,1-2H3,(H,14,15)(H,17,18). The lowest BCUT2D eigenvalue weighted by atomic mass is 10.2. The van der Waals surface area contributed by atoms with Gasteiger partial charge in [-0.1, -0.05) is 0 Å². The number of aromatic carboxylic acids is 1. The molecule has 0 amide bonds. The maximum Gasteiger partial charge on any atom is 0.335 e. The summed E-state index contributed by atoms with van der Waals surface area (Å²) < 4.78 is 0. The molecular formula is C13H19N3O2. The molecule has 18 heavy (non-hydrogen) atoms. The van der Waals surface area contributed by atoms with Gasteiger partial charge in [-0.15, -0.1) is 0 Å². The first-order valence-corrected chi connectivity index (χ1v) is 6.22. The number of carboxylic acids is 1. The van der Waals surface area contributed by atoms with Gasteiger partial charge in [0.15, 0.2) is 0 Å². The number of pyridine rings is 1. The monoisotopic (exact) mass is 249 g/mol. The Morgan fingerprint density at radius 2 is 2.28 bits per heavy atom. The van der Waals surface area contributed by atoms with Crippen LogP contribution < -0.4 is 5.32 Å². The van der Waals surface area contributed by atoms with Gasteiger partial charge in [-0.05, 0) is 38.9 Å². The Hall–Kier alpha value is -1.62. The molecule has 0 saturated heterocycles. The zero-order chi connectivity index (χ0) is 13.1. The van der Waals surface area contributed by atoms with E-state index >= 15 is 0 Å². The quantitative estimate of drug-likeness (QED) is 0.801. The molecule has 0 aliphatic heterocycles. The topological polar surface area (TPSA) is 65.5 Å². The predicted molar refractivity (Wildman–Crippen MR) is 70.1 cm³/mol. The van der Waals surface area contributed by atoms with Crippen LogP contribution in [0.1, 0.15) is 28.9 Å². The Balaban J connectivity index is 1.89. The van der Waals surface area contributed by atoms with E-state index in [2.05, 4.69) is 22.2 Å². The van der Waals surface area contributed by atoms with Gasteiger partial charge in [0, 0.05) is 24.8 Å². The van der Waals surface area contributed by atoms with Crippen LogP contribution in [0, 0.1) is 6.92 Å². The summed E-state index contributed by atoms with van der Waals surface area (Å²) in [6, 6.07) is 3.89.